The number of rotatable bonds is 9. The second-order valence-corrected chi connectivity index (χ2v) is 10.2. The van der Waals surface area contributed by atoms with Crippen molar-refractivity contribution in [1.82, 2.24) is 9.62 Å². The molecule has 0 bridgehead atoms. The number of carbonyl (C=O) groups excluding carboxylic acids is 1. The van der Waals surface area contributed by atoms with E-state index < -0.39 is 27.2 Å². The maximum Gasteiger partial charge on any atom is 0.244 e. The minimum atomic E-state index is -3.89. The third-order valence-electron chi connectivity index (χ3n) is 4.94. The molecule has 1 heterocycles. The summed E-state index contributed by atoms with van der Waals surface area (Å²) in [6.45, 7) is 0.306. The van der Waals surface area contributed by atoms with Crippen LogP contribution in [0.2, 0.25) is 10.0 Å². The first-order valence-corrected chi connectivity index (χ1v) is 11.5. The topological polar surface area (TPSA) is 126 Å². The van der Waals surface area contributed by atoms with Crippen LogP contribution < -0.4 is 15.8 Å². The van der Waals surface area contributed by atoms with E-state index >= 15 is 0 Å². The van der Waals surface area contributed by atoms with Gasteiger partial charge in [0.1, 0.15) is 22.5 Å². The van der Waals surface area contributed by atoms with Crippen molar-refractivity contribution >= 4 is 51.5 Å². The number of benzene rings is 2. The summed E-state index contributed by atoms with van der Waals surface area (Å²) in [5.41, 5.74) is 4.34. The molecule has 0 radical (unpaired) electrons. The van der Waals surface area contributed by atoms with Crippen LogP contribution in [0.15, 0.2) is 41.3 Å². The van der Waals surface area contributed by atoms with E-state index in [0.717, 1.165) is 6.07 Å². The van der Waals surface area contributed by atoms with Crippen LogP contribution in [-0.4, -0.2) is 51.4 Å². The van der Waals surface area contributed by atoms with Crippen LogP contribution >= 0.6 is 35.6 Å². The summed E-state index contributed by atoms with van der Waals surface area (Å²) in [6, 6.07) is 9.67. The average molecular weight is 538 g/mol. The van der Waals surface area contributed by atoms with Crippen molar-refractivity contribution in [2.45, 2.75) is 4.90 Å². The number of nitrogens with zero attached hydrogens (tertiary/aromatic N) is 2. The highest BCUT2D eigenvalue weighted by molar-refractivity contribution is 7.89. The van der Waals surface area contributed by atoms with Crippen LogP contribution in [0.25, 0.3) is 0 Å². The van der Waals surface area contributed by atoms with Crippen molar-refractivity contribution < 1.29 is 22.3 Å². The molecule has 0 spiro atoms. The molecule has 0 aliphatic carbocycles. The summed E-state index contributed by atoms with van der Waals surface area (Å²) in [5, 5.41) is 12.0. The molecule has 1 aliphatic rings. The van der Waals surface area contributed by atoms with Gasteiger partial charge in [-0.1, -0.05) is 23.2 Å². The third kappa shape index (κ3) is 6.26. The second kappa shape index (κ2) is 10.9. The molecule has 2 aromatic rings. The number of amides is 1. The quantitative estimate of drug-likeness (QED) is 0.506. The van der Waals surface area contributed by atoms with Crippen molar-refractivity contribution in [3.63, 3.8) is 0 Å². The van der Waals surface area contributed by atoms with Gasteiger partial charge < -0.3 is 15.8 Å². The zero-order chi connectivity index (χ0) is 23.5. The van der Waals surface area contributed by atoms with Crippen molar-refractivity contribution in [3.8, 4) is 11.8 Å². The van der Waals surface area contributed by atoms with E-state index in [0.29, 0.717) is 5.02 Å². The molecule has 13 heteroatoms. The Balaban J connectivity index is 0.00000385. The monoisotopic (exact) mass is 536 g/mol. The average Bonchev–Trinajstić information content (AvgIpc) is 2.68. The fourth-order valence-corrected chi connectivity index (χ4v) is 5.73. The first kappa shape index (κ1) is 27.1. The van der Waals surface area contributed by atoms with Gasteiger partial charge in [-0.05, 0) is 30.3 Å². The van der Waals surface area contributed by atoms with Crippen molar-refractivity contribution in [1.29, 1.82) is 5.26 Å². The number of hydrogen-bond acceptors (Lipinski definition) is 6. The zero-order valence-corrected chi connectivity index (χ0v) is 20.2. The van der Waals surface area contributed by atoms with Gasteiger partial charge in [-0.2, -0.15) is 9.57 Å². The highest BCUT2D eigenvalue weighted by Crippen LogP contribution is 2.37. The molecule has 8 nitrogen and oxygen atoms in total. The Hall–Kier alpha value is -2.13. The largest absolute Gasteiger partial charge is 0.493 e. The van der Waals surface area contributed by atoms with E-state index in [1.807, 2.05) is 0 Å². The molecule has 0 saturated carbocycles. The third-order valence-corrected chi connectivity index (χ3v) is 7.45. The van der Waals surface area contributed by atoms with E-state index in [4.69, 9.17) is 38.9 Å². The maximum atomic E-state index is 13.9. The summed E-state index contributed by atoms with van der Waals surface area (Å²) >= 11 is 11.9. The van der Waals surface area contributed by atoms with Gasteiger partial charge in [-0.3, -0.25) is 4.79 Å². The molecular formula is C20H20Cl3FN4O4S. The van der Waals surface area contributed by atoms with Crippen LogP contribution in [-0.2, 0) is 14.8 Å². The first-order valence-electron chi connectivity index (χ1n) is 9.33. The lowest BCUT2D eigenvalue weighted by Crippen LogP contribution is -2.64. The molecule has 2 aromatic carbocycles. The van der Waals surface area contributed by atoms with Gasteiger partial charge in [0.25, 0.3) is 0 Å². The Morgan fingerprint density at radius 1 is 1.27 bits per heavy atom. The molecule has 0 aromatic heterocycles. The van der Waals surface area contributed by atoms with E-state index in [1.54, 1.807) is 6.07 Å². The minimum Gasteiger partial charge on any atom is -0.493 e. The van der Waals surface area contributed by atoms with Gasteiger partial charge in [0, 0.05) is 36.1 Å². The predicted molar refractivity (Wildman–Crippen MR) is 124 cm³/mol. The number of primary amides is 1. The molecule has 1 aliphatic heterocycles. The lowest BCUT2D eigenvalue weighted by molar-refractivity contribution is -0.117. The van der Waals surface area contributed by atoms with Crippen molar-refractivity contribution in [2.75, 3.05) is 32.8 Å². The summed E-state index contributed by atoms with van der Waals surface area (Å²) in [4.78, 5) is 11.0. The number of nitrogens with two attached hydrogens (primary N) is 1. The normalized spacial score (nSPS) is 15.1. The fraction of sp³-hybridized carbons (Fsp3) is 0.300. The number of halogens is 4. The maximum absolute atomic E-state index is 13.9. The van der Waals surface area contributed by atoms with Gasteiger partial charge in [0.15, 0.2) is 0 Å². The van der Waals surface area contributed by atoms with Crippen LogP contribution in [0.4, 0.5) is 4.39 Å². The van der Waals surface area contributed by atoms with Crippen LogP contribution in [0.1, 0.15) is 5.56 Å². The molecule has 1 amide bonds. The standard InChI is InChI=1S/C20H19Cl2FN4O4S.ClH/c21-14-2-4-18(16(22)5-14)32(29,30)27-10-20(11-27,9-26-8-19(25)28)12-31-15-3-1-13(7-24)17(23)6-15;/h1-6,26H,8-12H2,(H2,25,28);1H. The lowest BCUT2D eigenvalue weighted by atomic mass is 9.82. The second-order valence-electron chi connectivity index (χ2n) is 7.46. The summed E-state index contributed by atoms with van der Waals surface area (Å²) in [7, 11) is -3.89. The Labute approximate surface area is 206 Å². The summed E-state index contributed by atoms with van der Waals surface area (Å²) in [6.07, 6.45) is 0. The first-order chi connectivity index (χ1) is 15.1. The summed E-state index contributed by atoms with van der Waals surface area (Å²) in [5.74, 6) is -1.09. The predicted octanol–water partition coefficient (Wildman–Crippen LogP) is 2.57. The van der Waals surface area contributed by atoms with E-state index in [2.05, 4.69) is 5.32 Å². The Bertz CT molecular complexity index is 1180. The molecule has 3 N–H and O–H groups in total. The number of nitriles is 1. The molecule has 1 saturated heterocycles. The van der Waals surface area contributed by atoms with Gasteiger partial charge in [0.05, 0.1) is 23.7 Å². The molecule has 1 fully saturated rings. The number of hydrogen-bond donors (Lipinski definition) is 2. The molecule has 0 unspecified atom stereocenters. The van der Waals surface area contributed by atoms with Crippen LogP contribution in [0, 0.1) is 22.6 Å². The van der Waals surface area contributed by atoms with Gasteiger partial charge >= 0.3 is 0 Å². The minimum absolute atomic E-state index is 0. The summed E-state index contributed by atoms with van der Waals surface area (Å²) < 4.78 is 46.8. The molecule has 33 heavy (non-hydrogen) atoms. The van der Waals surface area contributed by atoms with E-state index in [-0.39, 0.29) is 66.4 Å². The molecular weight excluding hydrogens is 518 g/mol. The van der Waals surface area contributed by atoms with Crippen molar-refractivity contribution in [2.24, 2.45) is 11.1 Å². The number of sulfonamides is 1. The highest BCUT2D eigenvalue weighted by atomic mass is 35.5. The smallest absolute Gasteiger partial charge is 0.244 e. The Kier molecular flexibility index (Phi) is 8.93. The van der Waals surface area contributed by atoms with E-state index in [1.165, 1.54) is 34.6 Å². The fourth-order valence-electron chi connectivity index (χ4n) is 3.31. The number of nitrogens with one attached hydrogen (secondary N) is 1. The highest BCUT2D eigenvalue weighted by Gasteiger charge is 2.49. The zero-order valence-electron chi connectivity index (χ0n) is 17.1. The number of carbonyl (C=O) groups is 1. The van der Waals surface area contributed by atoms with Crippen LogP contribution in [0.3, 0.4) is 0 Å². The van der Waals surface area contributed by atoms with Gasteiger partial charge in [0.2, 0.25) is 15.9 Å². The van der Waals surface area contributed by atoms with Crippen molar-refractivity contribution in [3.05, 3.63) is 57.8 Å². The Morgan fingerprint density at radius 3 is 2.55 bits per heavy atom. The van der Waals surface area contributed by atoms with Gasteiger partial charge in [-0.15, -0.1) is 12.4 Å². The molecule has 3 rings (SSSR count). The van der Waals surface area contributed by atoms with E-state index in [9.17, 15) is 17.6 Å². The molecule has 0 atom stereocenters. The van der Waals surface area contributed by atoms with Crippen LogP contribution in [0.5, 0.6) is 5.75 Å². The Morgan fingerprint density at radius 2 is 1.97 bits per heavy atom. The van der Waals surface area contributed by atoms with Gasteiger partial charge in [-0.25, -0.2) is 12.8 Å². The SMILES string of the molecule is Cl.N#Cc1ccc(OCC2(CNCC(N)=O)CN(S(=O)(=O)c3ccc(Cl)cc3Cl)C2)cc1F. The molecule has 178 valence electrons. The lowest BCUT2D eigenvalue weighted by Gasteiger charge is -2.48. The number of ether oxygens (including phenoxy) is 1.